The molecule has 0 spiro atoms. The lowest BCUT2D eigenvalue weighted by molar-refractivity contribution is 0.160. The Kier molecular flexibility index (Phi) is 5.84. The SMILES string of the molecule is CC(C)Oc1cc(-c2noc([C@H](C)NC(=O)N(C)C(C)(C)C)n2)ccn1. The minimum Gasteiger partial charge on any atom is -0.475 e. The van der Waals surface area contributed by atoms with E-state index in [4.69, 9.17) is 9.26 Å². The summed E-state index contributed by atoms with van der Waals surface area (Å²) in [5, 5.41) is 6.85. The monoisotopic (exact) mass is 361 g/mol. The number of ether oxygens (including phenoxy) is 1. The fourth-order valence-electron chi connectivity index (χ4n) is 2.03. The predicted molar refractivity (Wildman–Crippen MR) is 97.8 cm³/mol. The summed E-state index contributed by atoms with van der Waals surface area (Å²) in [6.45, 7) is 11.5. The predicted octanol–water partition coefficient (Wildman–Crippen LogP) is 3.42. The molecular weight excluding hydrogens is 334 g/mol. The summed E-state index contributed by atoms with van der Waals surface area (Å²) in [7, 11) is 1.74. The second-order valence-electron chi connectivity index (χ2n) is 7.41. The van der Waals surface area contributed by atoms with E-state index in [1.165, 1.54) is 0 Å². The van der Waals surface area contributed by atoms with Gasteiger partial charge in [-0.05, 0) is 47.6 Å². The maximum absolute atomic E-state index is 12.3. The van der Waals surface area contributed by atoms with Crippen molar-refractivity contribution in [1.82, 2.24) is 25.3 Å². The number of carbonyl (C=O) groups is 1. The molecule has 0 aliphatic heterocycles. The van der Waals surface area contributed by atoms with E-state index in [-0.39, 0.29) is 17.7 Å². The zero-order valence-corrected chi connectivity index (χ0v) is 16.4. The second-order valence-corrected chi connectivity index (χ2v) is 7.41. The first-order chi connectivity index (χ1) is 12.1. The van der Waals surface area contributed by atoms with Gasteiger partial charge in [-0.25, -0.2) is 9.78 Å². The van der Waals surface area contributed by atoms with Crippen LogP contribution in [-0.4, -0.2) is 44.7 Å². The molecule has 142 valence electrons. The van der Waals surface area contributed by atoms with E-state index in [0.717, 1.165) is 5.56 Å². The third-order valence-corrected chi connectivity index (χ3v) is 3.81. The molecule has 2 rings (SSSR count). The van der Waals surface area contributed by atoms with Gasteiger partial charge in [0.15, 0.2) is 0 Å². The number of pyridine rings is 1. The number of rotatable bonds is 5. The molecule has 0 saturated heterocycles. The zero-order valence-electron chi connectivity index (χ0n) is 16.4. The Morgan fingerprint density at radius 1 is 1.31 bits per heavy atom. The Bertz CT molecular complexity index is 751. The number of aromatic nitrogens is 3. The zero-order chi connectivity index (χ0) is 19.5. The normalized spacial score (nSPS) is 12.8. The van der Waals surface area contributed by atoms with E-state index < -0.39 is 6.04 Å². The first kappa shape index (κ1) is 19.7. The van der Waals surface area contributed by atoms with Crippen molar-refractivity contribution in [3.8, 4) is 17.3 Å². The van der Waals surface area contributed by atoms with Crippen LogP contribution >= 0.6 is 0 Å². The second kappa shape index (κ2) is 7.72. The molecule has 2 aromatic rings. The van der Waals surface area contributed by atoms with Crippen LogP contribution in [0.4, 0.5) is 4.79 Å². The van der Waals surface area contributed by atoms with Gasteiger partial charge in [0, 0.05) is 30.4 Å². The van der Waals surface area contributed by atoms with Gasteiger partial charge in [0.05, 0.1) is 6.10 Å². The summed E-state index contributed by atoms with van der Waals surface area (Å²) in [5.41, 5.74) is 0.448. The molecule has 0 bridgehead atoms. The molecule has 0 saturated carbocycles. The summed E-state index contributed by atoms with van der Waals surface area (Å²) in [5.74, 6) is 1.25. The number of urea groups is 1. The maximum Gasteiger partial charge on any atom is 0.318 e. The highest BCUT2D eigenvalue weighted by atomic mass is 16.5. The van der Waals surface area contributed by atoms with Gasteiger partial charge >= 0.3 is 6.03 Å². The van der Waals surface area contributed by atoms with Gasteiger partial charge in [-0.2, -0.15) is 4.98 Å². The molecule has 2 amide bonds. The molecule has 0 unspecified atom stereocenters. The third-order valence-electron chi connectivity index (χ3n) is 3.81. The number of hydrogen-bond donors (Lipinski definition) is 1. The van der Waals surface area contributed by atoms with E-state index in [1.807, 2.05) is 34.6 Å². The first-order valence-corrected chi connectivity index (χ1v) is 8.59. The molecule has 26 heavy (non-hydrogen) atoms. The van der Waals surface area contributed by atoms with Crippen LogP contribution in [0, 0.1) is 0 Å². The number of nitrogens with one attached hydrogen (secondary N) is 1. The van der Waals surface area contributed by atoms with Gasteiger partial charge in [-0.3, -0.25) is 0 Å². The number of nitrogens with zero attached hydrogens (tertiary/aromatic N) is 4. The van der Waals surface area contributed by atoms with E-state index in [2.05, 4.69) is 20.4 Å². The highest BCUT2D eigenvalue weighted by Gasteiger charge is 2.25. The Labute approximate surface area is 153 Å². The summed E-state index contributed by atoms with van der Waals surface area (Å²) < 4.78 is 10.9. The average molecular weight is 361 g/mol. The smallest absolute Gasteiger partial charge is 0.318 e. The molecule has 0 fully saturated rings. The van der Waals surface area contributed by atoms with Crippen molar-refractivity contribution in [2.45, 2.75) is 59.2 Å². The topological polar surface area (TPSA) is 93.4 Å². The van der Waals surface area contributed by atoms with Crippen LogP contribution in [0.15, 0.2) is 22.9 Å². The van der Waals surface area contributed by atoms with E-state index in [1.54, 1.807) is 37.2 Å². The molecule has 2 aromatic heterocycles. The summed E-state index contributed by atoms with van der Waals surface area (Å²) in [4.78, 5) is 22.5. The van der Waals surface area contributed by atoms with Crippen molar-refractivity contribution >= 4 is 6.03 Å². The third kappa shape index (κ3) is 4.93. The minimum atomic E-state index is -0.415. The summed E-state index contributed by atoms with van der Waals surface area (Å²) >= 11 is 0. The van der Waals surface area contributed by atoms with Gasteiger partial charge in [0.2, 0.25) is 17.6 Å². The van der Waals surface area contributed by atoms with Crippen LogP contribution in [0.2, 0.25) is 0 Å². The molecule has 8 heteroatoms. The largest absolute Gasteiger partial charge is 0.475 e. The lowest BCUT2D eigenvalue weighted by Gasteiger charge is -2.32. The molecule has 8 nitrogen and oxygen atoms in total. The van der Waals surface area contributed by atoms with Gasteiger partial charge in [-0.1, -0.05) is 5.16 Å². The molecule has 0 aliphatic rings. The van der Waals surface area contributed by atoms with Gasteiger partial charge < -0.3 is 19.5 Å². The number of amides is 2. The lowest BCUT2D eigenvalue weighted by Crippen LogP contribution is -2.48. The van der Waals surface area contributed by atoms with Crippen LogP contribution in [0.3, 0.4) is 0 Å². The van der Waals surface area contributed by atoms with Crippen LogP contribution < -0.4 is 10.1 Å². The number of carbonyl (C=O) groups excluding carboxylic acids is 1. The summed E-state index contributed by atoms with van der Waals surface area (Å²) in [6, 6.07) is 2.91. The van der Waals surface area contributed by atoms with Crippen LogP contribution in [-0.2, 0) is 0 Å². The van der Waals surface area contributed by atoms with Crippen molar-refractivity contribution in [3.63, 3.8) is 0 Å². The molecule has 2 heterocycles. The van der Waals surface area contributed by atoms with Crippen LogP contribution in [0.5, 0.6) is 5.88 Å². The quantitative estimate of drug-likeness (QED) is 0.877. The average Bonchev–Trinajstić information content (AvgIpc) is 3.03. The van der Waals surface area contributed by atoms with E-state index in [9.17, 15) is 4.79 Å². The van der Waals surface area contributed by atoms with Crippen molar-refractivity contribution in [2.24, 2.45) is 0 Å². The Hall–Kier alpha value is -2.64. The molecular formula is C18H27N5O3. The molecule has 1 atom stereocenters. The first-order valence-electron chi connectivity index (χ1n) is 8.59. The molecule has 0 radical (unpaired) electrons. The van der Waals surface area contributed by atoms with Crippen molar-refractivity contribution in [1.29, 1.82) is 0 Å². The van der Waals surface area contributed by atoms with Gasteiger partial charge in [0.1, 0.15) is 6.04 Å². The maximum atomic E-state index is 12.3. The Morgan fingerprint density at radius 2 is 2.00 bits per heavy atom. The molecule has 0 aliphatic carbocycles. The van der Waals surface area contributed by atoms with Gasteiger partial charge in [0.25, 0.3) is 0 Å². The van der Waals surface area contributed by atoms with Crippen LogP contribution in [0.25, 0.3) is 11.4 Å². The van der Waals surface area contributed by atoms with Gasteiger partial charge in [-0.15, -0.1) is 0 Å². The standard InChI is InChI=1S/C18H27N5O3/c1-11(2)25-14-10-13(8-9-19-14)15-21-16(26-22-15)12(3)20-17(24)23(7)18(4,5)6/h8-12H,1-7H3,(H,20,24)/t12-/m0/s1. The Balaban J connectivity index is 2.11. The lowest BCUT2D eigenvalue weighted by atomic mass is 10.1. The Morgan fingerprint density at radius 3 is 2.62 bits per heavy atom. The highest BCUT2D eigenvalue weighted by molar-refractivity contribution is 5.75. The fourth-order valence-corrected chi connectivity index (χ4v) is 2.03. The molecule has 0 aromatic carbocycles. The minimum absolute atomic E-state index is 0.0219. The van der Waals surface area contributed by atoms with Crippen molar-refractivity contribution in [2.75, 3.05) is 7.05 Å². The number of hydrogen-bond acceptors (Lipinski definition) is 6. The fraction of sp³-hybridized carbons (Fsp3) is 0.556. The van der Waals surface area contributed by atoms with Crippen LogP contribution in [0.1, 0.15) is 53.5 Å². The highest BCUT2D eigenvalue weighted by Crippen LogP contribution is 2.22. The van der Waals surface area contributed by atoms with E-state index >= 15 is 0 Å². The van der Waals surface area contributed by atoms with Crippen molar-refractivity contribution < 1.29 is 14.1 Å². The van der Waals surface area contributed by atoms with E-state index in [0.29, 0.717) is 17.6 Å². The summed E-state index contributed by atoms with van der Waals surface area (Å²) in [6.07, 6.45) is 1.65. The van der Waals surface area contributed by atoms with Crippen molar-refractivity contribution in [3.05, 3.63) is 24.2 Å². The molecule has 1 N–H and O–H groups in total.